The summed E-state index contributed by atoms with van der Waals surface area (Å²) >= 11 is 2.68. The molecule has 2 atom stereocenters. The third-order valence-corrected chi connectivity index (χ3v) is 4.64. The third kappa shape index (κ3) is 3.30. The number of hydrogen-bond donors (Lipinski definition) is 2. The molecule has 6 heteroatoms. The monoisotopic (exact) mass is 226 g/mol. The number of aliphatic hydroxyl groups excluding tert-OH is 2. The second-order valence-electron chi connectivity index (χ2n) is 2.62. The number of aliphatic hydroxyl groups is 2. The van der Waals surface area contributed by atoms with Gasteiger partial charge in [-0.3, -0.25) is 0 Å². The lowest BCUT2D eigenvalue weighted by molar-refractivity contribution is -0.103. The zero-order valence-electron chi connectivity index (χ0n) is 7.54. The van der Waals surface area contributed by atoms with Crippen LogP contribution in [0.1, 0.15) is 6.42 Å². The van der Waals surface area contributed by atoms with E-state index in [1.54, 1.807) is 14.2 Å². The number of ether oxygens (including phenoxy) is 2. The summed E-state index contributed by atoms with van der Waals surface area (Å²) in [5, 5.41) is 18.5. The van der Waals surface area contributed by atoms with Crippen LogP contribution >= 0.6 is 23.5 Å². The van der Waals surface area contributed by atoms with E-state index in [0.29, 0.717) is 6.42 Å². The predicted molar refractivity (Wildman–Crippen MR) is 53.4 cm³/mol. The van der Waals surface area contributed by atoms with Gasteiger partial charge in [0, 0.05) is 20.6 Å². The molecule has 0 aromatic rings. The van der Waals surface area contributed by atoms with Gasteiger partial charge in [0.05, 0.1) is 4.58 Å². The maximum Gasteiger partial charge on any atom is 0.158 e. The Bertz CT molecular complexity index is 143. The Morgan fingerprint density at radius 3 is 2.00 bits per heavy atom. The standard InChI is InChI=1S/C7H14O4S2/c1-10-4(11-2)3-5-12-6(8)7(9)13-5/h4-9H,3H2,1-2H3. The quantitative estimate of drug-likeness (QED) is 0.678. The van der Waals surface area contributed by atoms with Gasteiger partial charge in [-0.25, -0.2) is 0 Å². The second kappa shape index (κ2) is 5.43. The Labute approximate surface area is 86.0 Å². The summed E-state index contributed by atoms with van der Waals surface area (Å²) in [5.41, 5.74) is -1.38. The molecule has 0 amide bonds. The largest absolute Gasteiger partial charge is 0.379 e. The smallest absolute Gasteiger partial charge is 0.158 e. The predicted octanol–water partition coefficient (Wildman–Crippen LogP) is 0.438. The highest BCUT2D eigenvalue weighted by Crippen LogP contribution is 2.43. The Kier molecular flexibility index (Phi) is 4.85. The van der Waals surface area contributed by atoms with Crippen molar-refractivity contribution in [3.05, 3.63) is 0 Å². The van der Waals surface area contributed by atoms with Crippen molar-refractivity contribution in [3.8, 4) is 0 Å². The molecule has 13 heavy (non-hydrogen) atoms. The molecule has 78 valence electrons. The molecule has 0 aliphatic carbocycles. The van der Waals surface area contributed by atoms with Gasteiger partial charge in [0.1, 0.15) is 10.9 Å². The molecule has 1 saturated heterocycles. The fourth-order valence-electron chi connectivity index (χ4n) is 1.03. The second-order valence-corrected chi connectivity index (χ2v) is 5.57. The molecule has 0 bridgehead atoms. The topological polar surface area (TPSA) is 58.9 Å². The van der Waals surface area contributed by atoms with Crippen LogP contribution in [0.15, 0.2) is 0 Å². The maximum atomic E-state index is 9.24. The van der Waals surface area contributed by atoms with Gasteiger partial charge in [0.2, 0.25) is 0 Å². The van der Waals surface area contributed by atoms with Crippen LogP contribution in [-0.4, -0.2) is 46.2 Å². The molecule has 0 spiro atoms. The summed E-state index contributed by atoms with van der Waals surface area (Å²) in [4.78, 5) is 0. The van der Waals surface area contributed by atoms with Crippen LogP contribution in [0.2, 0.25) is 0 Å². The molecular weight excluding hydrogens is 212 g/mol. The van der Waals surface area contributed by atoms with Gasteiger partial charge in [0.15, 0.2) is 6.29 Å². The van der Waals surface area contributed by atoms with Gasteiger partial charge in [-0.2, -0.15) is 0 Å². The first-order valence-corrected chi connectivity index (χ1v) is 5.78. The van der Waals surface area contributed by atoms with E-state index in [4.69, 9.17) is 9.47 Å². The number of hydrogen-bond acceptors (Lipinski definition) is 6. The highest BCUT2D eigenvalue weighted by atomic mass is 32.2. The lowest BCUT2D eigenvalue weighted by atomic mass is 10.5. The fraction of sp³-hybridized carbons (Fsp3) is 1.00. The fourth-order valence-corrected chi connectivity index (χ4v) is 3.79. The minimum Gasteiger partial charge on any atom is -0.379 e. The lowest BCUT2D eigenvalue weighted by Gasteiger charge is -2.16. The Balaban J connectivity index is 2.30. The van der Waals surface area contributed by atoms with Crippen LogP contribution in [-0.2, 0) is 9.47 Å². The molecule has 0 saturated carbocycles. The Morgan fingerprint density at radius 2 is 1.62 bits per heavy atom. The van der Waals surface area contributed by atoms with Crippen LogP contribution in [0, 0.1) is 0 Å². The van der Waals surface area contributed by atoms with Crippen LogP contribution in [0.5, 0.6) is 0 Å². The molecule has 1 aliphatic heterocycles. The van der Waals surface area contributed by atoms with Crippen molar-refractivity contribution < 1.29 is 19.7 Å². The first-order chi connectivity index (χ1) is 6.17. The molecule has 0 radical (unpaired) electrons. The molecule has 1 fully saturated rings. The summed E-state index contributed by atoms with van der Waals surface area (Å²) in [6.45, 7) is 0. The van der Waals surface area contributed by atoms with Gasteiger partial charge in [-0.15, -0.1) is 23.5 Å². The van der Waals surface area contributed by atoms with Gasteiger partial charge in [-0.05, 0) is 0 Å². The van der Waals surface area contributed by atoms with E-state index in [2.05, 4.69) is 0 Å². The number of methoxy groups -OCH3 is 2. The van der Waals surface area contributed by atoms with Crippen LogP contribution in [0.25, 0.3) is 0 Å². The molecule has 2 N–H and O–H groups in total. The lowest BCUT2D eigenvalue weighted by Crippen LogP contribution is -2.17. The zero-order chi connectivity index (χ0) is 9.84. The van der Waals surface area contributed by atoms with E-state index < -0.39 is 10.9 Å². The van der Waals surface area contributed by atoms with Gasteiger partial charge in [0.25, 0.3) is 0 Å². The zero-order valence-corrected chi connectivity index (χ0v) is 9.18. The third-order valence-electron chi connectivity index (χ3n) is 1.74. The molecule has 4 nitrogen and oxygen atoms in total. The van der Waals surface area contributed by atoms with Crippen LogP contribution < -0.4 is 0 Å². The van der Waals surface area contributed by atoms with Crippen molar-refractivity contribution in [2.45, 2.75) is 28.2 Å². The summed E-state index contributed by atoms with van der Waals surface area (Å²) in [6, 6.07) is 0. The van der Waals surface area contributed by atoms with E-state index in [9.17, 15) is 10.2 Å². The summed E-state index contributed by atoms with van der Waals surface area (Å²) in [7, 11) is 3.15. The van der Waals surface area contributed by atoms with Crippen molar-refractivity contribution in [3.63, 3.8) is 0 Å². The minimum absolute atomic E-state index is 0.134. The van der Waals surface area contributed by atoms with Gasteiger partial charge < -0.3 is 19.7 Å². The maximum absolute atomic E-state index is 9.24. The number of thioether (sulfide) groups is 2. The SMILES string of the molecule is COC(CC1SC(O)C(O)S1)OC. The van der Waals surface area contributed by atoms with Crippen molar-refractivity contribution >= 4 is 23.5 Å². The highest BCUT2D eigenvalue weighted by Gasteiger charge is 2.34. The van der Waals surface area contributed by atoms with E-state index >= 15 is 0 Å². The van der Waals surface area contributed by atoms with Crippen molar-refractivity contribution in [2.24, 2.45) is 0 Å². The summed E-state index contributed by atoms with van der Waals surface area (Å²) < 4.78 is 10.2. The first kappa shape index (κ1) is 11.6. The molecule has 1 rings (SSSR count). The van der Waals surface area contributed by atoms with E-state index in [-0.39, 0.29) is 10.9 Å². The highest BCUT2D eigenvalue weighted by molar-refractivity contribution is 8.20. The first-order valence-electron chi connectivity index (χ1n) is 3.90. The van der Waals surface area contributed by atoms with Crippen molar-refractivity contribution in [1.29, 1.82) is 0 Å². The van der Waals surface area contributed by atoms with Crippen LogP contribution in [0.3, 0.4) is 0 Å². The van der Waals surface area contributed by atoms with E-state index in [1.807, 2.05) is 0 Å². The normalized spacial score (nSPS) is 34.4. The average molecular weight is 226 g/mol. The van der Waals surface area contributed by atoms with Crippen molar-refractivity contribution in [2.75, 3.05) is 14.2 Å². The number of rotatable bonds is 4. The Morgan fingerprint density at radius 1 is 1.15 bits per heavy atom. The van der Waals surface area contributed by atoms with Gasteiger partial charge >= 0.3 is 0 Å². The van der Waals surface area contributed by atoms with Crippen molar-refractivity contribution in [1.82, 2.24) is 0 Å². The molecular formula is C7H14O4S2. The molecule has 0 aromatic heterocycles. The van der Waals surface area contributed by atoms with E-state index in [0.717, 1.165) is 0 Å². The molecule has 1 heterocycles. The average Bonchev–Trinajstić information content (AvgIpc) is 2.42. The molecule has 2 unspecified atom stereocenters. The summed E-state index contributed by atoms with van der Waals surface area (Å²) in [6.07, 6.45) is 0.402. The Hall–Kier alpha value is 0.540. The van der Waals surface area contributed by atoms with E-state index in [1.165, 1.54) is 23.5 Å². The minimum atomic E-state index is -0.690. The molecule has 1 aliphatic rings. The van der Waals surface area contributed by atoms with Gasteiger partial charge in [-0.1, -0.05) is 0 Å². The summed E-state index contributed by atoms with van der Waals surface area (Å²) in [5.74, 6) is 0. The van der Waals surface area contributed by atoms with Crippen LogP contribution in [0.4, 0.5) is 0 Å². The molecule has 0 aromatic carbocycles.